The van der Waals surface area contributed by atoms with Gasteiger partial charge in [-0.2, -0.15) is 0 Å². The first-order valence-corrected chi connectivity index (χ1v) is 14.6. The van der Waals surface area contributed by atoms with Gasteiger partial charge in [-0.1, -0.05) is 73.5 Å². The summed E-state index contributed by atoms with van der Waals surface area (Å²) in [7, 11) is 0. The monoisotopic (exact) mass is 496 g/mol. The zero-order chi connectivity index (χ0) is 24.7. The van der Waals surface area contributed by atoms with E-state index in [1.54, 1.807) is 11.1 Å². The van der Waals surface area contributed by atoms with Crippen molar-refractivity contribution in [3.63, 3.8) is 0 Å². The minimum absolute atomic E-state index is 0.635. The Bertz CT molecular complexity index is 1250. The Labute approximate surface area is 219 Å². The Morgan fingerprint density at radius 3 is 1.31 bits per heavy atom. The molecular weight excluding hydrogens is 460 g/mol. The van der Waals surface area contributed by atoms with Crippen molar-refractivity contribution < 1.29 is 0 Å². The van der Waals surface area contributed by atoms with Crippen LogP contribution in [-0.4, -0.2) is 0 Å². The largest absolute Gasteiger partial charge is 0.140 e. The molecule has 0 radical (unpaired) electrons. The zero-order valence-corrected chi connectivity index (χ0v) is 23.5. The number of benzene rings is 2. The number of hydrogen-bond donors (Lipinski definition) is 0. The fourth-order valence-electron chi connectivity index (χ4n) is 5.71. The number of rotatable bonds is 6. The number of thiophene rings is 2. The van der Waals surface area contributed by atoms with Crippen LogP contribution in [0.4, 0.5) is 0 Å². The maximum atomic E-state index is 2.49. The molecule has 2 heterocycles. The molecule has 2 heteroatoms. The van der Waals surface area contributed by atoms with Crippen LogP contribution in [-0.2, 0) is 0 Å². The molecule has 0 N–H and O–H groups in total. The van der Waals surface area contributed by atoms with Crippen LogP contribution in [0.25, 0.3) is 32.0 Å². The zero-order valence-electron chi connectivity index (χ0n) is 21.9. The van der Waals surface area contributed by atoms with Crippen molar-refractivity contribution in [3.05, 3.63) is 92.7 Å². The summed E-state index contributed by atoms with van der Waals surface area (Å²) in [6.07, 6.45) is 3.69. The molecule has 0 spiro atoms. The van der Waals surface area contributed by atoms with Gasteiger partial charge in [0.1, 0.15) is 0 Å². The van der Waals surface area contributed by atoms with Crippen molar-refractivity contribution in [2.75, 3.05) is 0 Å². The van der Waals surface area contributed by atoms with E-state index in [-0.39, 0.29) is 0 Å². The van der Waals surface area contributed by atoms with Crippen LogP contribution in [0.15, 0.2) is 60.7 Å². The van der Waals surface area contributed by atoms with Crippen molar-refractivity contribution in [3.8, 4) is 20.9 Å². The van der Waals surface area contributed by atoms with E-state index < -0.39 is 0 Å². The summed E-state index contributed by atoms with van der Waals surface area (Å²) < 4.78 is 0. The molecule has 0 saturated heterocycles. The average molecular weight is 497 g/mol. The van der Waals surface area contributed by atoms with E-state index in [0.29, 0.717) is 11.8 Å². The number of hydrogen-bond acceptors (Lipinski definition) is 2. The fourth-order valence-corrected chi connectivity index (χ4v) is 7.79. The molecule has 180 valence electrons. The Balaban J connectivity index is 1.66. The maximum absolute atomic E-state index is 2.49. The molecule has 2 aromatic carbocycles. The highest BCUT2D eigenvalue weighted by molar-refractivity contribution is 7.16. The highest BCUT2D eigenvalue weighted by Crippen LogP contribution is 2.54. The number of allylic oxidation sites excluding steroid dienone is 2. The summed E-state index contributed by atoms with van der Waals surface area (Å²) in [5.74, 6) is 1.27. The summed E-state index contributed by atoms with van der Waals surface area (Å²) in [6, 6.07) is 23.0. The molecule has 1 aliphatic carbocycles. The van der Waals surface area contributed by atoms with Crippen molar-refractivity contribution >= 4 is 33.8 Å². The van der Waals surface area contributed by atoms with Crippen molar-refractivity contribution in [1.82, 2.24) is 0 Å². The van der Waals surface area contributed by atoms with Gasteiger partial charge in [-0.05, 0) is 104 Å². The second kappa shape index (κ2) is 9.91. The lowest BCUT2D eigenvalue weighted by molar-refractivity contribution is 0.513. The summed E-state index contributed by atoms with van der Waals surface area (Å²) in [4.78, 5) is 5.69. The van der Waals surface area contributed by atoms with E-state index in [4.69, 9.17) is 0 Å². The lowest BCUT2D eigenvalue weighted by Crippen LogP contribution is -1.99. The topological polar surface area (TPSA) is 0 Å². The van der Waals surface area contributed by atoms with Gasteiger partial charge in [-0.15, -0.1) is 22.7 Å². The fraction of sp³-hybridized carbons (Fsp3) is 0.333. The summed E-state index contributed by atoms with van der Waals surface area (Å²) >= 11 is 3.91. The molecule has 1 aliphatic rings. The number of aryl methyl sites for hydroxylation is 4. The Hall–Kier alpha value is -2.42. The standard InChI is InChI=1S/C33H36S2/c1-7-24-17-25(8-2)33(29-19-31(35-23(29)6)27-15-11-21(4)12-16-27)32(24)28-18-30(34-22(28)5)26-13-9-20(3)10-14-26/h9-16,18-19,24-25H,7-8,17H2,1-6H3/t24-,25-/m1/s1. The van der Waals surface area contributed by atoms with E-state index >= 15 is 0 Å². The van der Waals surface area contributed by atoms with Gasteiger partial charge in [0.15, 0.2) is 0 Å². The molecule has 0 bridgehead atoms. The van der Waals surface area contributed by atoms with Gasteiger partial charge in [-0.25, -0.2) is 0 Å². The Morgan fingerprint density at radius 1 is 0.600 bits per heavy atom. The lowest BCUT2D eigenvalue weighted by atomic mass is 9.89. The van der Waals surface area contributed by atoms with Gasteiger partial charge in [0.25, 0.3) is 0 Å². The van der Waals surface area contributed by atoms with Gasteiger partial charge in [0.05, 0.1) is 0 Å². The maximum Gasteiger partial charge on any atom is 0.0351 e. The summed E-state index contributed by atoms with van der Waals surface area (Å²) in [5.41, 5.74) is 11.5. The van der Waals surface area contributed by atoms with Crippen LogP contribution >= 0.6 is 22.7 Å². The normalized spacial score (nSPS) is 18.0. The minimum atomic E-state index is 0.635. The Morgan fingerprint density at radius 2 is 0.971 bits per heavy atom. The van der Waals surface area contributed by atoms with E-state index in [9.17, 15) is 0 Å². The molecule has 4 aromatic rings. The molecule has 5 rings (SSSR count). The molecule has 0 fully saturated rings. The molecular formula is C33H36S2. The smallest absolute Gasteiger partial charge is 0.0351 e. The molecule has 0 saturated carbocycles. The van der Waals surface area contributed by atoms with Crippen molar-refractivity contribution in [1.29, 1.82) is 0 Å². The SMILES string of the molecule is CC[C@@H]1C[C@@H](CC)C(c2cc(-c3ccc(C)cc3)sc2C)=C1c1cc(-c2ccc(C)cc2)sc1C. The quantitative estimate of drug-likeness (QED) is 0.249. The van der Waals surface area contributed by atoms with E-state index in [1.165, 1.54) is 72.2 Å². The molecule has 35 heavy (non-hydrogen) atoms. The van der Waals surface area contributed by atoms with Crippen molar-refractivity contribution in [2.45, 2.75) is 60.8 Å². The van der Waals surface area contributed by atoms with Crippen LogP contribution < -0.4 is 0 Å². The van der Waals surface area contributed by atoms with E-state index in [2.05, 4.69) is 102 Å². The molecule has 2 aromatic heterocycles. The van der Waals surface area contributed by atoms with Gasteiger partial charge < -0.3 is 0 Å². The van der Waals surface area contributed by atoms with E-state index in [0.717, 1.165) is 0 Å². The second-order valence-corrected chi connectivity index (χ2v) is 12.7. The average Bonchev–Trinajstić information content (AvgIpc) is 3.53. The second-order valence-electron chi connectivity index (χ2n) is 10.2. The molecule has 0 unspecified atom stereocenters. The highest BCUT2D eigenvalue weighted by atomic mass is 32.1. The first kappa shape index (κ1) is 24.3. The minimum Gasteiger partial charge on any atom is -0.140 e. The predicted molar refractivity (Wildman–Crippen MR) is 157 cm³/mol. The third-order valence-corrected chi connectivity index (χ3v) is 9.95. The van der Waals surface area contributed by atoms with Crippen LogP contribution in [0.2, 0.25) is 0 Å². The predicted octanol–water partition coefficient (Wildman–Crippen LogP) is 10.7. The van der Waals surface area contributed by atoms with Gasteiger partial charge in [-0.3, -0.25) is 0 Å². The van der Waals surface area contributed by atoms with Crippen LogP contribution in [0.5, 0.6) is 0 Å². The van der Waals surface area contributed by atoms with Gasteiger partial charge in [0, 0.05) is 19.5 Å². The van der Waals surface area contributed by atoms with Crippen LogP contribution in [0, 0.1) is 39.5 Å². The van der Waals surface area contributed by atoms with Crippen molar-refractivity contribution in [2.24, 2.45) is 11.8 Å². The molecule has 2 atom stereocenters. The summed E-state index contributed by atoms with van der Waals surface area (Å²) in [5, 5.41) is 0. The van der Waals surface area contributed by atoms with Gasteiger partial charge >= 0.3 is 0 Å². The van der Waals surface area contributed by atoms with Gasteiger partial charge in [0.2, 0.25) is 0 Å². The third kappa shape index (κ3) is 4.59. The van der Waals surface area contributed by atoms with Crippen LogP contribution in [0.1, 0.15) is 65.1 Å². The lowest BCUT2D eigenvalue weighted by Gasteiger charge is -2.15. The summed E-state index contributed by atoms with van der Waals surface area (Å²) in [6.45, 7) is 13.7. The Kier molecular flexibility index (Phi) is 6.88. The molecule has 0 nitrogen and oxygen atoms in total. The first-order valence-electron chi connectivity index (χ1n) is 13.0. The highest BCUT2D eigenvalue weighted by Gasteiger charge is 2.35. The molecule has 0 aliphatic heterocycles. The molecule has 0 amide bonds. The van der Waals surface area contributed by atoms with Crippen LogP contribution in [0.3, 0.4) is 0 Å². The third-order valence-electron chi connectivity index (χ3n) is 7.75. The first-order chi connectivity index (χ1) is 16.9. The van der Waals surface area contributed by atoms with E-state index in [1.807, 2.05) is 22.7 Å².